The number of carbonyl (C=O) groups is 1. The number of hydrogen-bond donors (Lipinski definition) is 2. The maximum absolute atomic E-state index is 11.0. The van der Waals surface area contributed by atoms with Crippen LogP contribution in [0.25, 0.3) is 21.5 Å². The average molecular weight is 238 g/mol. The molecule has 0 aliphatic carbocycles. The summed E-state index contributed by atoms with van der Waals surface area (Å²) in [6.07, 6.45) is 0. The zero-order valence-electron chi connectivity index (χ0n) is 9.42. The van der Waals surface area contributed by atoms with E-state index in [1.54, 1.807) is 0 Å². The molecule has 2 N–H and O–H groups in total. The minimum Gasteiger partial charge on any atom is -0.507 e. The molecule has 88 valence electrons. The number of phenols is 1. The third kappa shape index (κ3) is 1.49. The van der Waals surface area contributed by atoms with E-state index in [0.29, 0.717) is 0 Å². The van der Waals surface area contributed by atoms with Crippen LogP contribution in [0.3, 0.4) is 0 Å². The second-order valence-corrected chi connectivity index (χ2v) is 4.18. The van der Waals surface area contributed by atoms with Crippen LogP contribution < -0.4 is 0 Å². The Hall–Kier alpha value is -2.55. The van der Waals surface area contributed by atoms with Gasteiger partial charge in [-0.3, -0.25) is 0 Å². The first-order chi connectivity index (χ1) is 8.66. The minimum atomic E-state index is -1.12. The highest BCUT2D eigenvalue weighted by atomic mass is 16.4. The lowest BCUT2D eigenvalue weighted by Crippen LogP contribution is -1.96. The third-order valence-corrected chi connectivity index (χ3v) is 3.09. The van der Waals surface area contributed by atoms with E-state index in [1.807, 2.05) is 36.4 Å². The quantitative estimate of drug-likeness (QED) is 0.639. The predicted octanol–water partition coefficient (Wildman–Crippen LogP) is 3.40. The maximum Gasteiger partial charge on any atom is 0.339 e. The molecule has 0 unspecified atom stereocenters. The molecule has 0 heterocycles. The molecule has 3 nitrogen and oxygen atoms in total. The molecule has 0 fully saturated rings. The Morgan fingerprint density at radius 1 is 0.889 bits per heavy atom. The number of hydrogen-bond acceptors (Lipinski definition) is 2. The fourth-order valence-corrected chi connectivity index (χ4v) is 2.21. The third-order valence-electron chi connectivity index (χ3n) is 3.09. The van der Waals surface area contributed by atoms with Crippen molar-refractivity contribution in [1.82, 2.24) is 0 Å². The van der Waals surface area contributed by atoms with Gasteiger partial charge >= 0.3 is 5.97 Å². The van der Waals surface area contributed by atoms with E-state index >= 15 is 0 Å². The molecule has 0 aromatic heterocycles. The van der Waals surface area contributed by atoms with Crippen LogP contribution in [-0.2, 0) is 0 Å². The molecule has 0 saturated carbocycles. The number of rotatable bonds is 1. The van der Waals surface area contributed by atoms with Gasteiger partial charge in [-0.05, 0) is 33.7 Å². The van der Waals surface area contributed by atoms with Crippen LogP contribution in [0.5, 0.6) is 5.75 Å². The lowest BCUT2D eigenvalue weighted by atomic mass is 9.99. The second kappa shape index (κ2) is 3.74. The van der Waals surface area contributed by atoms with E-state index in [0.717, 1.165) is 21.5 Å². The van der Waals surface area contributed by atoms with Gasteiger partial charge in [0.15, 0.2) is 0 Å². The highest BCUT2D eigenvalue weighted by molar-refractivity contribution is 6.10. The molecule has 0 aliphatic rings. The molecular formula is C15H10O3. The van der Waals surface area contributed by atoms with Crippen molar-refractivity contribution in [1.29, 1.82) is 0 Å². The first kappa shape index (κ1) is 10.6. The van der Waals surface area contributed by atoms with Crippen molar-refractivity contribution in [2.24, 2.45) is 0 Å². The van der Waals surface area contributed by atoms with Crippen LogP contribution in [0.4, 0.5) is 0 Å². The van der Waals surface area contributed by atoms with Crippen molar-refractivity contribution in [3.05, 3.63) is 54.1 Å². The van der Waals surface area contributed by atoms with Gasteiger partial charge in [0, 0.05) is 0 Å². The number of carboxylic acid groups (broad SMARTS) is 1. The van der Waals surface area contributed by atoms with Crippen LogP contribution in [0.1, 0.15) is 10.4 Å². The summed E-state index contributed by atoms with van der Waals surface area (Å²) in [4.78, 5) is 11.0. The molecule has 0 amide bonds. The zero-order chi connectivity index (χ0) is 12.7. The summed E-state index contributed by atoms with van der Waals surface area (Å²) in [5.74, 6) is -1.33. The first-order valence-electron chi connectivity index (χ1n) is 5.54. The van der Waals surface area contributed by atoms with E-state index in [9.17, 15) is 9.90 Å². The van der Waals surface area contributed by atoms with Gasteiger partial charge in [-0.15, -0.1) is 0 Å². The van der Waals surface area contributed by atoms with Crippen molar-refractivity contribution in [2.75, 3.05) is 0 Å². The van der Waals surface area contributed by atoms with Gasteiger partial charge in [0.2, 0.25) is 0 Å². The topological polar surface area (TPSA) is 57.5 Å². The molecule has 18 heavy (non-hydrogen) atoms. The molecule has 0 radical (unpaired) electrons. The highest BCUT2D eigenvalue weighted by Crippen LogP contribution is 2.30. The standard InChI is InChI=1S/C15H10O3/c16-14-8-12-10(7-13(14)15(17)18)6-5-9-3-1-2-4-11(9)12/h1-8,16H,(H,17,18). The van der Waals surface area contributed by atoms with Crippen LogP contribution in [0.2, 0.25) is 0 Å². The van der Waals surface area contributed by atoms with E-state index < -0.39 is 5.97 Å². The normalized spacial score (nSPS) is 10.9. The van der Waals surface area contributed by atoms with E-state index in [4.69, 9.17) is 5.11 Å². The summed E-state index contributed by atoms with van der Waals surface area (Å²) < 4.78 is 0. The van der Waals surface area contributed by atoms with Gasteiger partial charge < -0.3 is 10.2 Å². The number of benzene rings is 3. The molecule has 3 aromatic rings. The smallest absolute Gasteiger partial charge is 0.339 e. The monoisotopic (exact) mass is 238 g/mol. The van der Waals surface area contributed by atoms with E-state index in [2.05, 4.69) is 0 Å². The van der Waals surface area contributed by atoms with Gasteiger partial charge in [-0.25, -0.2) is 4.79 Å². The SMILES string of the molecule is O=C(O)c1cc2ccc3ccccc3c2cc1O. The van der Waals surface area contributed by atoms with E-state index in [1.165, 1.54) is 12.1 Å². The average Bonchev–Trinajstić information content (AvgIpc) is 2.37. The van der Waals surface area contributed by atoms with Gasteiger partial charge in [-0.2, -0.15) is 0 Å². The van der Waals surface area contributed by atoms with Crippen LogP contribution >= 0.6 is 0 Å². The Bertz CT molecular complexity index is 775. The molecule has 0 saturated heterocycles. The molecule has 3 aromatic carbocycles. The minimum absolute atomic E-state index is 0.0715. The zero-order valence-corrected chi connectivity index (χ0v) is 9.42. The molecule has 0 aliphatic heterocycles. The number of aromatic carboxylic acids is 1. The van der Waals surface area contributed by atoms with Crippen molar-refractivity contribution >= 4 is 27.5 Å². The van der Waals surface area contributed by atoms with Gasteiger partial charge in [0.05, 0.1) is 0 Å². The Kier molecular flexibility index (Phi) is 2.20. The highest BCUT2D eigenvalue weighted by Gasteiger charge is 2.11. The Morgan fingerprint density at radius 3 is 2.39 bits per heavy atom. The fraction of sp³-hybridized carbons (Fsp3) is 0. The van der Waals surface area contributed by atoms with Gasteiger partial charge in [0.1, 0.15) is 11.3 Å². The van der Waals surface area contributed by atoms with Crippen molar-refractivity contribution in [3.8, 4) is 5.75 Å². The van der Waals surface area contributed by atoms with Gasteiger partial charge in [0.25, 0.3) is 0 Å². The predicted molar refractivity (Wildman–Crippen MR) is 70.1 cm³/mol. The van der Waals surface area contributed by atoms with Crippen LogP contribution in [0, 0.1) is 0 Å². The molecule has 3 rings (SSSR count). The van der Waals surface area contributed by atoms with Crippen molar-refractivity contribution in [2.45, 2.75) is 0 Å². The largest absolute Gasteiger partial charge is 0.507 e. The Labute approximate surface area is 103 Å². The molecule has 0 spiro atoms. The van der Waals surface area contributed by atoms with E-state index in [-0.39, 0.29) is 11.3 Å². The summed E-state index contributed by atoms with van der Waals surface area (Å²) in [5.41, 5.74) is -0.0715. The number of aromatic hydroxyl groups is 1. The van der Waals surface area contributed by atoms with Crippen LogP contribution in [0.15, 0.2) is 48.5 Å². The van der Waals surface area contributed by atoms with Gasteiger partial charge in [-0.1, -0.05) is 36.4 Å². The lowest BCUT2D eigenvalue weighted by molar-refractivity contribution is 0.0694. The molecule has 0 atom stereocenters. The summed E-state index contributed by atoms with van der Waals surface area (Å²) >= 11 is 0. The Balaban J connectivity index is 2.46. The second-order valence-electron chi connectivity index (χ2n) is 4.18. The summed E-state index contributed by atoms with van der Waals surface area (Å²) in [6.45, 7) is 0. The first-order valence-corrected chi connectivity index (χ1v) is 5.54. The number of fused-ring (bicyclic) bond motifs is 3. The fourth-order valence-electron chi connectivity index (χ4n) is 2.21. The van der Waals surface area contributed by atoms with Crippen molar-refractivity contribution < 1.29 is 15.0 Å². The number of carboxylic acids is 1. The van der Waals surface area contributed by atoms with Crippen LogP contribution in [-0.4, -0.2) is 16.2 Å². The van der Waals surface area contributed by atoms with Crippen molar-refractivity contribution in [3.63, 3.8) is 0 Å². The molecule has 0 bridgehead atoms. The summed E-state index contributed by atoms with van der Waals surface area (Å²) in [6, 6.07) is 14.6. The molecular weight excluding hydrogens is 228 g/mol. The Morgan fingerprint density at radius 2 is 1.61 bits per heavy atom. The molecule has 3 heteroatoms. The maximum atomic E-state index is 11.0. The summed E-state index contributed by atoms with van der Waals surface area (Å²) in [5, 5.41) is 22.5. The lowest BCUT2D eigenvalue weighted by Gasteiger charge is -2.06. The summed E-state index contributed by atoms with van der Waals surface area (Å²) in [7, 11) is 0.